The van der Waals surface area contributed by atoms with E-state index in [0.29, 0.717) is 4.99 Å². The summed E-state index contributed by atoms with van der Waals surface area (Å²) in [5.41, 5.74) is 5.64. The summed E-state index contributed by atoms with van der Waals surface area (Å²) >= 11 is 4.99. The zero-order valence-electron chi connectivity index (χ0n) is 9.53. The minimum Gasteiger partial charge on any atom is -0.392 e. The molecule has 2 atom stereocenters. The fourth-order valence-corrected chi connectivity index (χ4v) is 2.41. The molecule has 1 aliphatic rings. The van der Waals surface area contributed by atoms with Gasteiger partial charge in [0.25, 0.3) is 0 Å². The van der Waals surface area contributed by atoms with E-state index in [1.54, 1.807) is 0 Å². The number of hydrogen-bond donors (Lipinski definition) is 1. The van der Waals surface area contributed by atoms with E-state index in [1.807, 2.05) is 11.8 Å². The molecule has 3 nitrogen and oxygen atoms in total. The number of carbonyl (C=O) groups is 1. The Morgan fingerprint density at radius 2 is 2.33 bits per heavy atom. The highest BCUT2D eigenvalue weighted by Gasteiger charge is 2.32. The zero-order valence-corrected chi connectivity index (χ0v) is 10.3. The van der Waals surface area contributed by atoms with Crippen LogP contribution in [0.25, 0.3) is 0 Å². The number of amides is 1. The van der Waals surface area contributed by atoms with E-state index in [1.165, 1.54) is 0 Å². The van der Waals surface area contributed by atoms with Gasteiger partial charge in [0.2, 0.25) is 5.91 Å². The average Bonchev–Trinajstić information content (AvgIpc) is 2.65. The molecule has 0 aromatic rings. The number of rotatable bonds is 4. The Bertz CT molecular complexity index is 255. The van der Waals surface area contributed by atoms with Crippen molar-refractivity contribution in [1.82, 2.24) is 4.90 Å². The molecule has 0 saturated carbocycles. The number of hydrogen-bond acceptors (Lipinski definition) is 2. The first kappa shape index (κ1) is 12.4. The number of nitrogens with zero attached hydrogens (tertiary/aromatic N) is 1. The third-order valence-corrected chi connectivity index (χ3v) is 3.28. The largest absolute Gasteiger partial charge is 0.392 e. The Kier molecular flexibility index (Phi) is 4.51. The van der Waals surface area contributed by atoms with Gasteiger partial charge in [-0.1, -0.05) is 32.5 Å². The van der Waals surface area contributed by atoms with Crippen molar-refractivity contribution in [3.05, 3.63) is 0 Å². The molecular formula is C11H20N2OS. The van der Waals surface area contributed by atoms with E-state index < -0.39 is 0 Å². The molecule has 1 aliphatic heterocycles. The van der Waals surface area contributed by atoms with Gasteiger partial charge in [0.15, 0.2) is 0 Å². The van der Waals surface area contributed by atoms with Gasteiger partial charge < -0.3 is 10.6 Å². The van der Waals surface area contributed by atoms with E-state index in [0.717, 1.165) is 32.2 Å². The highest BCUT2D eigenvalue weighted by Crippen LogP contribution is 2.21. The quantitative estimate of drug-likeness (QED) is 0.745. The molecule has 2 unspecified atom stereocenters. The van der Waals surface area contributed by atoms with Crippen molar-refractivity contribution in [2.75, 3.05) is 6.54 Å². The zero-order chi connectivity index (χ0) is 11.4. The second-order valence-electron chi connectivity index (χ2n) is 4.28. The van der Waals surface area contributed by atoms with Crippen molar-refractivity contribution in [2.24, 2.45) is 11.7 Å². The van der Waals surface area contributed by atoms with Gasteiger partial charge in [-0.15, -0.1) is 0 Å². The summed E-state index contributed by atoms with van der Waals surface area (Å²) in [6.07, 6.45) is 3.93. The predicted octanol–water partition coefficient (Wildman–Crippen LogP) is 1.70. The predicted molar refractivity (Wildman–Crippen MR) is 65.6 cm³/mol. The molecule has 0 bridgehead atoms. The first-order chi connectivity index (χ1) is 7.07. The van der Waals surface area contributed by atoms with Gasteiger partial charge in [-0.05, 0) is 19.3 Å². The van der Waals surface area contributed by atoms with Crippen LogP contribution in [0.3, 0.4) is 0 Å². The van der Waals surface area contributed by atoms with Gasteiger partial charge in [-0.3, -0.25) is 4.79 Å². The van der Waals surface area contributed by atoms with Crippen LogP contribution < -0.4 is 5.73 Å². The lowest BCUT2D eigenvalue weighted by atomic mass is 10.0. The van der Waals surface area contributed by atoms with Crippen LogP contribution in [-0.2, 0) is 4.79 Å². The van der Waals surface area contributed by atoms with Gasteiger partial charge in [0.1, 0.15) is 0 Å². The van der Waals surface area contributed by atoms with E-state index in [4.69, 9.17) is 18.0 Å². The molecule has 0 aromatic carbocycles. The van der Waals surface area contributed by atoms with Crippen molar-refractivity contribution < 1.29 is 4.79 Å². The first-order valence-corrected chi connectivity index (χ1v) is 6.08. The van der Waals surface area contributed by atoms with Crippen LogP contribution in [0.1, 0.15) is 39.5 Å². The van der Waals surface area contributed by atoms with Crippen LogP contribution in [0.5, 0.6) is 0 Å². The van der Waals surface area contributed by atoms with Gasteiger partial charge in [0.05, 0.1) is 11.0 Å². The van der Waals surface area contributed by atoms with Gasteiger partial charge >= 0.3 is 0 Å². The molecule has 4 heteroatoms. The molecule has 1 amide bonds. The van der Waals surface area contributed by atoms with E-state index in [9.17, 15) is 4.79 Å². The molecule has 0 radical (unpaired) electrons. The summed E-state index contributed by atoms with van der Waals surface area (Å²) in [7, 11) is 0. The fraction of sp³-hybridized carbons (Fsp3) is 0.818. The summed E-state index contributed by atoms with van der Waals surface area (Å²) < 4.78 is 0. The first-order valence-electron chi connectivity index (χ1n) is 5.67. The van der Waals surface area contributed by atoms with Gasteiger partial charge in [-0.2, -0.15) is 0 Å². The number of thiocarbonyl (C=S) groups is 1. The number of carbonyl (C=O) groups excluding carboxylic acids is 1. The summed E-state index contributed by atoms with van der Waals surface area (Å²) in [5.74, 6) is 0.317. The lowest BCUT2D eigenvalue weighted by Gasteiger charge is -2.26. The SMILES string of the molecule is CCCC(C)C(=O)N1CCCC1C(N)=S. The van der Waals surface area contributed by atoms with Crippen molar-refractivity contribution in [3.63, 3.8) is 0 Å². The third kappa shape index (κ3) is 2.91. The van der Waals surface area contributed by atoms with Crippen LogP contribution >= 0.6 is 12.2 Å². The highest BCUT2D eigenvalue weighted by atomic mass is 32.1. The monoisotopic (exact) mass is 228 g/mol. The molecule has 1 rings (SSSR count). The van der Waals surface area contributed by atoms with E-state index >= 15 is 0 Å². The summed E-state index contributed by atoms with van der Waals surface area (Å²) in [6.45, 7) is 4.90. The topological polar surface area (TPSA) is 46.3 Å². The number of nitrogens with two attached hydrogens (primary N) is 1. The molecule has 0 aliphatic carbocycles. The van der Waals surface area contributed by atoms with Gasteiger partial charge in [0, 0.05) is 12.5 Å². The molecule has 2 N–H and O–H groups in total. The molecule has 0 spiro atoms. The smallest absolute Gasteiger partial charge is 0.225 e. The van der Waals surface area contributed by atoms with Crippen molar-refractivity contribution >= 4 is 23.1 Å². The molecule has 86 valence electrons. The molecule has 1 fully saturated rings. The Hall–Kier alpha value is -0.640. The lowest BCUT2D eigenvalue weighted by Crippen LogP contribution is -2.44. The van der Waals surface area contributed by atoms with Crippen LogP contribution in [0, 0.1) is 5.92 Å². The maximum absolute atomic E-state index is 12.1. The molecule has 15 heavy (non-hydrogen) atoms. The lowest BCUT2D eigenvalue weighted by molar-refractivity contribution is -0.134. The Balaban J connectivity index is 2.62. The number of likely N-dealkylation sites (tertiary alicyclic amines) is 1. The summed E-state index contributed by atoms with van der Waals surface area (Å²) in [5, 5.41) is 0. The Morgan fingerprint density at radius 3 is 2.87 bits per heavy atom. The standard InChI is InChI=1S/C11H20N2OS/c1-3-5-8(2)11(14)13-7-4-6-9(13)10(12)15/h8-9H,3-7H2,1-2H3,(H2,12,15). The minimum atomic E-state index is 0.00630. The Morgan fingerprint density at radius 1 is 1.67 bits per heavy atom. The summed E-state index contributed by atoms with van der Waals surface area (Å²) in [4.78, 5) is 14.4. The second-order valence-corrected chi connectivity index (χ2v) is 4.75. The average molecular weight is 228 g/mol. The minimum absolute atomic E-state index is 0.00630. The van der Waals surface area contributed by atoms with Crippen LogP contribution in [0.4, 0.5) is 0 Å². The molecule has 1 heterocycles. The van der Waals surface area contributed by atoms with Crippen molar-refractivity contribution in [3.8, 4) is 0 Å². The van der Waals surface area contributed by atoms with Crippen LogP contribution in [0.2, 0.25) is 0 Å². The maximum Gasteiger partial charge on any atom is 0.225 e. The highest BCUT2D eigenvalue weighted by molar-refractivity contribution is 7.80. The third-order valence-electron chi connectivity index (χ3n) is 3.01. The van der Waals surface area contributed by atoms with Crippen LogP contribution in [-0.4, -0.2) is 28.4 Å². The van der Waals surface area contributed by atoms with Crippen LogP contribution in [0.15, 0.2) is 0 Å². The van der Waals surface area contributed by atoms with E-state index in [-0.39, 0.29) is 17.9 Å². The fourth-order valence-electron chi connectivity index (χ4n) is 2.17. The second kappa shape index (κ2) is 5.45. The normalized spacial score (nSPS) is 22.8. The molecular weight excluding hydrogens is 208 g/mol. The maximum atomic E-state index is 12.1. The molecule has 1 saturated heterocycles. The van der Waals surface area contributed by atoms with Crippen molar-refractivity contribution in [2.45, 2.75) is 45.6 Å². The molecule has 0 aromatic heterocycles. The van der Waals surface area contributed by atoms with Crippen molar-refractivity contribution in [1.29, 1.82) is 0 Å². The van der Waals surface area contributed by atoms with E-state index in [2.05, 4.69) is 6.92 Å². The Labute approximate surface area is 97.0 Å². The van der Waals surface area contributed by atoms with Gasteiger partial charge in [-0.25, -0.2) is 0 Å². The summed E-state index contributed by atoms with van der Waals surface area (Å²) in [6, 6.07) is 0.00630.